The van der Waals surface area contributed by atoms with E-state index in [4.69, 9.17) is 14.2 Å². The smallest absolute Gasteiger partial charge is 0.314 e. The predicted molar refractivity (Wildman–Crippen MR) is 103 cm³/mol. The van der Waals surface area contributed by atoms with Gasteiger partial charge < -0.3 is 19.3 Å². The van der Waals surface area contributed by atoms with E-state index in [1.54, 1.807) is 6.92 Å². The Morgan fingerprint density at radius 2 is 1.69 bits per heavy atom. The van der Waals surface area contributed by atoms with Gasteiger partial charge in [0.05, 0.1) is 31.7 Å². The predicted octanol–water partition coefficient (Wildman–Crippen LogP) is 3.24. The summed E-state index contributed by atoms with van der Waals surface area (Å²) in [4.78, 5) is 35.4. The minimum Gasteiger partial charge on any atom is -0.507 e. The largest absolute Gasteiger partial charge is 0.507 e. The molecular formula is C20H21NO8. The maximum absolute atomic E-state index is 12.7. The van der Waals surface area contributed by atoms with Gasteiger partial charge in [-0.3, -0.25) is 19.7 Å². The Bertz CT molecular complexity index is 907. The molecule has 154 valence electrons. The van der Waals surface area contributed by atoms with Crippen molar-refractivity contribution in [1.82, 2.24) is 0 Å². The summed E-state index contributed by atoms with van der Waals surface area (Å²) < 4.78 is 15.4. The lowest BCUT2D eigenvalue weighted by molar-refractivity contribution is -0.384. The molecule has 2 rings (SSSR count). The van der Waals surface area contributed by atoms with E-state index in [1.165, 1.54) is 50.6 Å². The molecule has 2 aromatic rings. The number of benzene rings is 2. The van der Waals surface area contributed by atoms with Crippen molar-refractivity contribution in [2.45, 2.75) is 19.3 Å². The summed E-state index contributed by atoms with van der Waals surface area (Å²) >= 11 is 0. The Balaban J connectivity index is 2.40. The Kier molecular flexibility index (Phi) is 7.13. The van der Waals surface area contributed by atoms with Gasteiger partial charge in [0.15, 0.2) is 17.3 Å². The average molecular weight is 403 g/mol. The van der Waals surface area contributed by atoms with E-state index in [-0.39, 0.29) is 47.1 Å². The van der Waals surface area contributed by atoms with Crippen molar-refractivity contribution in [3.05, 3.63) is 57.6 Å². The van der Waals surface area contributed by atoms with E-state index in [9.17, 15) is 24.8 Å². The molecular weight excluding hydrogens is 382 g/mol. The van der Waals surface area contributed by atoms with Crippen LogP contribution in [0.2, 0.25) is 0 Å². The number of nitrogens with zero attached hydrogens (tertiary/aromatic N) is 1. The van der Waals surface area contributed by atoms with Gasteiger partial charge in [-0.05, 0) is 25.1 Å². The molecule has 1 atom stereocenters. The minimum atomic E-state index is -1.10. The maximum Gasteiger partial charge on any atom is 0.314 e. The van der Waals surface area contributed by atoms with Crippen LogP contribution >= 0.6 is 0 Å². The van der Waals surface area contributed by atoms with Gasteiger partial charge in [0.25, 0.3) is 5.69 Å². The first-order valence-electron chi connectivity index (χ1n) is 8.71. The maximum atomic E-state index is 12.7. The molecule has 0 aliphatic carbocycles. The van der Waals surface area contributed by atoms with Crippen LogP contribution in [0.25, 0.3) is 0 Å². The molecule has 0 bridgehead atoms. The molecule has 0 radical (unpaired) electrons. The summed E-state index contributed by atoms with van der Waals surface area (Å²) in [6.45, 7) is 1.72. The molecule has 9 nitrogen and oxygen atoms in total. The highest BCUT2D eigenvalue weighted by Crippen LogP contribution is 2.39. The zero-order valence-corrected chi connectivity index (χ0v) is 16.2. The third-order valence-corrected chi connectivity index (χ3v) is 4.27. The molecule has 0 aromatic heterocycles. The lowest BCUT2D eigenvalue weighted by atomic mass is 9.90. The summed E-state index contributed by atoms with van der Waals surface area (Å²) in [5, 5.41) is 21.1. The van der Waals surface area contributed by atoms with Gasteiger partial charge in [-0.2, -0.15) is 0 Å². The number of phenolic OH excluding ortho intramolecular Hbond substituents is 1. The highest BCUT2D eigenvalue weighted by molar-refractivity contribution is 5.99. The fourth-order valence-corrected chi connectivity index (χ4v) is 2.80. The zero-order valence-electron chi connectivity index (χ0n) is 16.2. The number of rotatable bonds is 9. The number of carbonyl (C=O) groups excluding carboxylic acids is 2. The molecule has 0 spiro atoms. The van der Waals surface area contributed by atoms with E-state index < -0.39 is 22.6 Å². The van der Waals surface area contributed by atoms with E-state index in [0.717, 1.165) is 0 Å². The number of phenols is 1. The Morgan fingerprint density at radius 1 is 1.10 bits per heavy atom. The number of methoxy groups -OCH3 is 2. The van der Waals surface area contributed by atoms with Crippen LogP contribution in [0, 0.1) is 10.1 Å². The van der Waals surface area contributed by atoms with Gasteiger partial charge in [0, 0.05) is 35.7 Å². The first-order valence-corrected chi connectivity index (χ1v) is 8.71. The number of ether oxygens (including phenoxy) is 3. The van der Waals surface area contributed by atoms with Gasteiger partial charge in [0.2, 0.25) is 0 Å². The fourth-order valence-electron chi connectivity index (χ4n) is 2.80. The summed E-state index contributed by atoms with van der Waals surface area (Å²) in [5.41, 5.74) is 0.197. The molecule has 0 fully saturated rings. The number of aromatic hydroxyl groups is 1. The second-order valence-electron chi connectivity index (χ2n) is 6.00. The molecule has 0 saturated carbocycles. The lowest BCUT2D eigenvalue weighted by Gasteiger charge is -2.19. The molecule has 0 saturated heterocycles. The first-order chi connectivity index (χ1) is 13.8. The Morgan fingerprint density at radius 3 is 2.21 bits per heavy atom. The second-order valence-corrected chi connectivity index (χ2v) is 6.00. The fraction of sp³-hybridized carbons (Fsp3) is 0.300. The molecule has 29 heavy (non-hydrogen) atoms. The summed E-state index contributed by atoms with van der Waals surface area (Å²) in [6, 6.07) is 7.75. The molecule has 9 heteroatoms. The third kappa shape index (κ3) is 5.01. The number of hydrogen-bond donors (Lipinski definition) is 1. The molecule has 0 heterocycles. The normalized spacial score (nSPS) is 11.4. The van der Waals surface area contributed by atoms with Crippen LogP contribution in [0.1, 0.15) is 35.2 Å². The highest BCUT2D eigenvalue weighted by atomic mass is 16.6. The highest BCUT2D eigenvalue weighted by Gasteiger charge is 2.29. The third-order valence-electron chi connectivity index (χ3n) is 4.27. The molecule has 0 unspecified atom stereocenters. The van der Waals surface area contributed by atoms with Crippen LogP contribution < -0.4 is 9.47 Å². The average Bonchev–Trinajstić information content (AvgIpc) is 2.72. The van der Waals surface area contributed by atoms with Gasteiger partial charge in [-0.25, -0.2) is 0 Å². The standard InChI is InChI=1S/C20H21NO8/c1-4-29-20(24)15(14-10-18(27-2)19(28-3)11-17(14)23)9-16(22)12-5-7-13(8-6-12)21(25)26/h5-8,10-11,15,23H,4,9H2,1-3H3/t15-/m1/s1. The number of non-ortho nitro benzene ring substituents is 1. The lowest BCUT2D eigenvalue weighted by Crippen LogP contribution is -2.20. The van der Waals surface area contributed by atoms with E-state index >= 15 is 0 Å². The van der Waals surface area contributed by atoms with Gasteiger partial charge in [-0.15, -0.1) is 0 Å². The van der Waals surface area contributed by atoms with Crippen LogP contribution in [-0.2, 0) is 9.53 Å². The van der Waals surface area contributed by atoms with Gasteiger partial charge >= 0.3 is 5.97 Å². The van der Waals surface area contributed by atoms with E-state index in [1.807, 2.05) is 0 Å². The quantitative estimate of drug-likeness (QED) is 0.293. The zero-order chi connectivity index (χ0) is 21.6. The van der Waals surface area contributed by atoms with Crippen LogP contribution in [0.4, 0.5) is 5.69 Å². The van der Waals surface area contributed by atoms with Crippen molar-refractivity contribution >= 4 is 17.4 Å². The van der Waals surface area contributed by atoms with Crippen molar-refractivity contribution in [3.8, 4) is 17.2 Å². The molecule has 1 N–H and O–H groups in total. The topological polar surface area (TPSA) is 125 Å². The number of nitro groups is 1. The van der Waals surface area contributed by atoms with Crippen molar-refractivity contribution in [1.29, 1.82) is 0 Å². The van der Waals surface area contributed by atoms with E-state index in [2.05, 4.69) is 0 Å². The number of hydrogen-bond acceptors (Lipinski definition) is 8. The number of Topliss-reactive ketones (excluding diaryl/α,β-unsaturated/α-hetero) is 1. The number of esters is 1. The SMILES string of the molecule is CCOC(=O)[C@H](CC(=O)c1ccc([N+](=O)[O-])cc1)c1cc(OC)c(OC)cc1O. The number of ketones is 1. The van der Waals surface area contributed by atoms with Crippen LogP contribution in [-0.4, -0.2) is 42.6 Å². The van der Waals surface area contributed by atoms with Crippen molar-refractivity contribution < 1.29 is 33.8 Å². The van der Waals surface area contributed by atoms with Gasteiger partial charge in [-0.1, -0.05) is 0 Å². The first kappa shape index (κ1) is 21.7. The molecule has 0 aliphatic heterocycles. The Hall–Kier alpha value is -3.62. The minimum absolute atomic E-state index is 0.0924. The summed E-state index contributed by atoms with van der Waals surface area (Å²) in [7, 11) is 2.80. The second kappa shape index (κ2) is 9.54. The van der Waals surface area contributed by atoms with Crippen LogP contribution in [0.15, 0.2) is 36.4 Å². The summed E-state index contributed by atoms with van der Waals surface area (Å²) in [6.07, 6.45) is -0.306. The van der Waals surface area contributed by atoms with Crippen LogP contribution in [0.3, 0.4) is 0 Å². The van der Waals surface area contributed by atoms with Crippen LogP contribution in [0.5, 0.6) is 17.2 Å². The summed E-state index contributed by atoms with van der Waals surface area (Å²) in [5.74, 6) is -1.94. The van der Waals surface area contributed by atoms with Crippen molar-refractivity contribution in [2.75, 3.05) is 20.8 Å². The Labute approximate surface area is 167 Å². The number of carbonyl (C=O) groups is 2. The van der Waals surface area contributed by atoms with Gasteiger partial charge in [0.1, 0.15) is 5.75 Å². The monoisotopic (exact) mass is 403 g/mol. The van der Waals surface area contributed by atoms with Crippen molar-refractivity contribution in [3.63, 3.8) is 0 Å². The molecule has 0 aliphatic rings. The van der Waals surface area contributed by atoms with Crippen molar-refractivity contribution in [2.24, 2.45) is 0 Å². The molecule has 2 aromatic carbocycles. The molecule has 0 amide bonds. The van der Waals surface area contributed by atoms with E-state index in [0.29, 0.717) is 0 Å². The number of nitro benzene ring substituents is 1.